The minimum atomic E-state index is -0.849. The molecule has 1 nitrogen and oxygen atoms in total. The Morgan fingerprint density at radius 1 is 0.645 bits per heavy atom. The van der Waals surface area contributed by atoms with Gasteiger partial charge in [-0.3, -0.25) is 0 Å². The van der Waals surface area contributed by atoms with Crippen molar-refractivity contribution in [2.45, 2.75) is 19.8 Å². The molecule has 4 rings (SSSR count). The largest absolute Gasteiger partial charge is 0.494 e. The van der Waals surface area contributed by atoms with Crippen LogP contribution >= 0.6 is 0 Å². The van der Waals surface area contributed by atoms with Crippen LogP contribution < -0.4 is 4.74 Å². The topological polar surface area (TPSA) is 9.23 Å². The predicted molar refractivity (Wildman–Crippen MR) is 121 cm³/mol. The van der Waals surface area contributed by atoms with E-state index in [-0.39, 0.29) is 0 Å². The molecule has 3 heteroatoms. The molecular weight excluding hydrogens is 390 g/mol. The Kier molecular flexibility index (Phi) is 6.29. The summed E-state index contributed by atoms with van der Waals surface area (Å²) >= 11 is 0. The molecule has 0 aliphatic rings. The number of rotatable bonds is 5. The van der Waals surface area contributed by atoms with Crippen molar-refractivity contribution in [2.75, 3.05) is 6.61 Å². The van der Waals surface area contributed by atoms with Crippen molar-refractivity contribution in [3.8, 4) is 17.6 Å². The van der Waals surface area contributed by atoms with Gasteiger partial charge in [0.2, 0.25) is 0 Å². The molecule has 0 fully saturated rings. The molecule has 0 bridgehead atoms. The molecule has 31 heavy (non-hydrogen) atoms. The van der Waals surface area contributed by atoms with Gasteiger partial charge in [-0.25, -0.2) is 8.78 Å². The maximum Gasteiger partial charge on any atom is 0.159 e. The zero-order valence-electron chi connectivity index (χ0n) is 17.3. The SMILES string of the molecule is CCOc1ccc(CCc2ccc(C#Cc3ccc4cc(F)c(F)cc4c3)cc2)cc1. The van der Waals surface area contributed by atoms with Crippen LogP contribution in [0.5, 0.6) is 5.75 Å². The van der Waals surface area contributed by atoms with Gasteiger partial charge in [0, 0.05) is 11.1 Å². The van der Waals surface area contributed by atoms with Crippen molar-refractivity contribution in [2.24, 2.45) is 0 Å². The van der Waals surface area contributed by atoms with Crippen molar-refractivity contribution in [3.63, 3.8) is 0 Å². The van der Waals surface area contributed by atoms with Crippen LogP contribution in [0.4, 0.5) is 8.78 Å². The summed E-state index contributed by atoms with van der Waals surface area (Å²) in [6, 6.07) is 24.2. The number of halogens is 2. The van der Waals surface area contributed by atoms with Crippen LogP contribution in [0, 0.1) is 23.5 Å². The average molecular weight is 412 g/mol. The fourth-order valence-corrected chi connectivity index (χ4v) is 3.43. The lowest BCUT2D eigenvalue weighted by atomic mass is 10.0. The molecular formula is C28H22F2O. The molecule has 4 aromatic rings. The quantitative estimate of drug-likeness (QED) is 0.331. The van der Waals surface area contributed by atoms with E-state index >= 15 is 0 Å². The van der Waals surface area contributed by atoms with Crippen molar-refractivity contribution in [3.05, 3.63) is 113 Å². The highest BCUT2D eigenvalue weighted by molar-refractivity contribution is 5.84. The summed E-state index contributed by atoms with van der Waals surface area (Å²) in [5.41, 5.74) is 4.20. The van der Waals surface area contributed by atoms with Crippen LogP contribution in [0.3, 0.4) is 0 Å². The monoisotopic (exact) mass is 412 g/mol. The number of benzene rings is 4. The van der Waals surface area contributed by atoms with Gasteiger partial charge in [-0.05, 0) is 90.2 Å². The van der Waals surface area contributed by atoms with Crippen LogP contribution in [0.1, 0.15) is 29.2 Å². The lowest BCUT2D eigenvalue weighted by Crippen LogP contribution is -1.94. The zero-order chi connectivity index (χ0) is 21.6. The van der Waals surface area contributed by atoms with E-state index < -0.39 is 11.6 Å². The highest BCUT2D eigenvalue weighted by atomic mass is 19.2. The van der Waals surface area contributed by atoms with Crippen LogP contribution in [0.15, 0.2) is 78.9 Å². The first-order chi connectivity index (χ1) is 15.1. The van der Waals surface area contributed by atoms with Crippen LogP contribution in [0.25, 0.3) is 10.8 Å². The Balaban J connectivity index is 1.40. The smallest absolute Gasteiger partial charge is 0.159 e. The maximum absolute atomic E-state index is 13.5. The van der Waals surface area contributed by atoms with E-state index in [1.807, 2.05) is 37.3 Å². The number of ether oxygens (including phenoxy) is 1. The van der Waals surface area contributed by atoms with Crippen LogP contribution in [0.2, 0.25) is 0 Å². The van der Waals surface area contributed by atoms with Gasteiger partial charge < -0.3 is 4.74 Å². The molecule has 0 unspecified atom stereocenters. The van der Waals surface area contributed by atoms with E-state index in [0.29, 0.717) is 17.4 Å². The summed E-state index contributed by atoms with van der Waals surface area (Å²) < 4.78 is 32.3. The first kappa shape index (κ1) is 20.6. The highest BCUT2D eigenvalue weighted by Gasteiger charge is 2.04. The van der Waals surface area contributed by atoms with E-state index in [1.165, 1.54) is 23.3 Å². The first-order valence-electron chi connectivity index (χ1n) is 10.3. The van der Waals surface area contributed by atoms with Gasteiger partial charge in [0.1, 0.15) is 5.75 Å². The molecule has 0 atom stereocenters. The molecule has 0 spiro atoms. The second kappa shape index (κ2) is 9.45. The Labute approximate surface area is 181 Å². The van der Waals surface area contributed by atoms with Gasteiger partial charge in [-0.15, -0.1) is 0 Å². The number of fused-ring (bicyclic) bond motifs is 1. The Morgan fingerprint density at radius 3 is 1.84 bits per heavy atom. The van der Waals surface area contributed by atoms with E-state index in [0.717, 1.165) is 29.7 Å². The van der Waals surface area contributed by atoms with E-state index in [4.69, 9.17) is 4.74 Å². The minimum Gasteiger partial charge on any atom is -0.494 e. The molecule has 0 saturated heterocycles. The van der Waals surface area contributed by atoms with Gasteiger partial charge in [0.15, 0.2) is 11.6 Å². The summed E-state index contributed by atoms with van der Waals surface area (Å²) in [6.45, 7) is 2.65. The molecule has 0 saturated carbocycles. The van der Waals surface area contributed by atoms with Crippen molar-refractivity contribution in [1.82, 2.24) is 0 Å². The normalized spacial score (nSPS) is 10.5. The van der Waals surface area contributed by atoms with E-state index in [9.17, 15) is 8.78 Å². The Bertz CT molecular complexity index is 1250. The average Bonchev–Trinajstić information content (AvgIpc) is 2.79. The second-order valence-corrected chi connectivity index (χ2v) is 7.35. The first-order valence-corrected chi connectivity index (χ1v) is 10.3. The molecule has 0 aromatic heterocycles. The fraction of sp³-hybridized carbons (Fsp3) is 0.143. The molecule has 4 aromatic carbocycles. The molecule has 0 amide bonds. The minimum absolute atomic E-state index is 0.635. The lowest BCUT2D eigenvalue weighted by Gasteiger charge is -2.05. The van der Waals surface area contributed by atoms with Gasteiger partial charge >= 0.3 is 0 Å². The molecule has 0 radical (unpaired) electrons. The van der Waals surface area contributed by atoms with Gasteiger partial charge in [-0.2, -0.15) is 0 Å². The number of aryl methyl sites for hydroxylation is 2. The van der Waals surface area contributed by atoms with E-state index in [2.05, 4.69) is 36.1 Å². The highest BCUT2D eigenvalue weighted by Crippen LogP contribution is 2.20. The van der Waals surface area contributed by atoms with Crippen molar-refractivity contribution < 1.29 is 13.5 Å². The summed E-state index contributed by atoms with van der Waals surface area (Å²) in [4.78, 5) is 0. The third kappa shape index (κ3) is 5.29. The predicted octanol–water partition coefficient (Wildman–Crippen LogP) is 6.70. The summed E-state index contributed by atoms with van der Waals surface area (Å²) in [7, 11) is 0. The lowest BCUT2D eigenvalue weighted by molar-refractivity contribution is 0.340. The molecule has 0 aliphatic heterocycles. The molecule has 0 heterocycles. The summed E-state index contributed by atoms with van der Waals surface area (Å²) in [6.07, 6.45) is 1.92. The Hall–Kier alpha value is -3.64. The van der Waals surface area contributed by atoms with Crippen molar-refractivity contribution in [1.29, 1.82) is 0 Å². The van der Waals surface area contributed by atoms with Crippen LogP contribution in [-0.4, -0.2) is 6.61 Å². The third-order valence-corrected chi connectivity index (χ3v) is 5.12. The van der Waals surface area contributed by atoms with Gasteiger partial charge in [0.25, 0.3) is 0 Å². The molecule has 0 N–H and O–H groups in total. The van der Waals surface area contributed by atoms with Crippen LogP contribution in [-0.2, 0) is 12.8 Å². The van der Waals surface area contributed by atoms with E-state index in [1.54, 1.807) is 12.1 Å². The van der Waals surface area contributed by atoms with Gasteiger partial charge in [0.05, 0.1) is 6.61 Å². The standard InChI is InChI=1S/C28H22F2O/c1-2-31-26-15-12-22(13-16-26)8-7-20-3-5-21(6-4-20)9-10-23-11-14-24-18-27(29)28(30)19-25(24)17-23/h3-6,11-19H,2,7-8H2,1H3. The van der Waals surface area contributed by atoms with Gasteiger partial charge in [-0.1, -0.05) is 42.2 Å². The third-order valence-electron chi connectivity index (χ3n) is 5.12. The summed E-state index contributed by atoms with van der Waals surface area (Å²) in [5, 5.41) is 1.29. The second-order valence-electron chi connectivity index (χ2n) is 7.35. The van der Waals surface area contributed by atoms with Crippen molar-refractivity contribution >= 4 is 10.8 Å². The number of hydrogen-bond acceptors (Lipinski definition) is 1. The fourth-order valence-electron chi connectivity index (χ4n) is 3.43. The number of hydrogen-bond donors (Lipinski definition) is 0. The maximum atomic E-state index is 13.5. The Morgan fingerprint density at radius 2 is 1.19 bits per heavy atom. The molecule has 154 valence electrons. The zero-order valence-corrected chi connectivity index (χ0v) is 17.3. The summed E-state index contributed by atoms with van der Waals surface area (Å²) in [5.74, 6) is 5.45. The molecule has 0 aliphatic carbocycles.